The minimum absolute atomic E-state index is 0.00573. The minimum atomic E-state index is -0.432. The van der Waals surface area contributed by atoms with Gasteiger partial charge in [0.05, 0.1) is 18.8 Å². The Kier molecular flexibility index (Phi) is 7.30. The molecule has 0 spiro atoms. The molecule has 1 aliphatic heterocycles. The summed E-state index contributed by atoms with van der Waals surface area (Å²) in [4.78, 5) is 14.8. The molecule has 2 N–H and O–H groups in total. The fraction of sp³-hybridized carbons (Fsp3) is 0.500. The van der Waals surface area contributed by atoms with Gasteiger partial charge in [-0.25, -0.2) is 4.68 Å². The number of carbonyl (C=O) groups excluding carboxylic acids is 1. The summed E-state index contributed by atoms with van der Waals surface area (Å²) in [6.45, 7) is 8.75. The number of aliphatic hydroxyl groups excluding tert-OH is 1. The van der Waals surface area contributed by atoms with Crippen molar-refractivity contribution in [2.75, 3.05) is 25.0 Å². The minimum Gasteiger partial charge on any atom is -0.395 e. The number of aliphatic hydroxyl groups is 1. The summed E-state index contributed by atoms with van der Waals surface area (Å²) in [6, 6.07) is 10.5. The van der Waals surface area contributed by atoms with Crippen LogP contribution in [0.3, 0.4) is 0 Å². The number of carbonyl (C=O) groups is 1. The monoisotopic (exact) mass is 408 g/mol. The summed E-state index contributed by atoms with van der Waals surface area (Å²) in [6.07, 6.45) is 4.28. The lowest BCUT2D eigenvalue weighted by atomic mass is 9.96. The molecule has 160 valence electrons. The lowest BCUT2D eigenvalue weighted by molar-refractivity contribution is -0.123. The first-order valence-electron chi connectivity index (χ1n) is 10.6. The molecular weight excluding hydrogens is 376 g/mol. The number of benzene rings is 1. The molecule has 0 bridgehead atoms. The van der Waals surface area contributed by atoms with E-state index in [1.165, 1.54) is 5.56 Å². The Morgan fingerprint density at radius 1 is 1.20 bits per heavy atom. The molecule has 1 fully saturated rings. The fourth-order valence-corrected chi connectivity index (χ4v) is 3.50. The molecule has 1 amide bonds. The van der Waals surface area contributed by atoms with Crippen molar-refractivity contribution >= 4 is 11.7 Å². The third-order valence-corrected chi connectivity index (χ3v) is 5.33. The van der Waals surface area contributed by atoms with Crippen molar-refractivity contribution in [3.8, 4) is 11.8 Å². The SMILES string of the molecule is CC(C)(C)C(=O)Nc1ccnn1C1CCN(Cc2ccc(C#CCCO)cc2)CC1. The topological polar surface area (TPSA) is 70.4 Å². The molecule has 1 aromatic carbocycles. The van der Waals surface area contributed by atoms with Gasteiger partial charge in [-0.3, -0.25) is 9.69 Å². The summed E-state index contributed by atoms with van der Waals surface area (Å²) < 4.78 is 1.97. The molecule has 2 aromatic rings. The smallest absolute Gasteiger partial charge is 0.230 e. The highest BCUT2D eigenvalue weighted by Crippen LogP contribution is 2.27. The van der Waals surface area contributed by atoms with Crippen molar-refractivity contribution in [2.45, 2.75) is 52.6 Å². The summed E-state index contributed by atoms with van der Waals surface area (Å²) in [7, 11) is 0. The average Bonchev–Trinajstić information content (AvgIpc) is 3.17. The van der Waals surface area contributed by atoms with E-state index in [-0.39, 0.29) is 12.5 Å². The van der Waals surface area contributed by atoms with Gasteiger partial charge in [-0.05, 0) is 30.5 Å². The molecular formula is C24H32N4O2. The molecule has 30 heavy (non-hydrogen) atoms. The maximum atomic E-state index is 12.3. The Balaban J connectivity index is 1.53. The summed E-state index contributed by atoms with van der Waals surface area (Å²) in [5.74, 6) is 6.80. The van der Waals surface area contributed by atoms with E-state index >= 15 is 0 Å². The van der Waals surface area contributed by atoms with Crippen molar-refractivity contribution in [3.63, 3.8) is 0 Å². The van der Waals surface area contributed by atoms with Crippen LogP contribution in [-0.4, -0.2) is 45.4 Å². The van der Waals surface area contributed by atoms with Gasteiger partial charge >= 0.3 is 0 Å². The molecule has 2 heterocycles. The molecule has 6 nitrogen and oxygen atoms in total. The predicted molar refractivity (Wildman–Crippen MR) is 119 cm³/mol. The van der Waals surface area contributed by atoms with Gasteiger partial charge in [-0.15, -0.1) is 0 Å². The van der Waals surface area contributed by atoms with Crippen LogP contribution in [0.5, 0.6) is 0 Å². The maximum Gasteiger partial charge on any atom is 0.230 e. The van der Waals surface area contributed by atoms with Crippen LogP contribution in [0.2, 0.25) is 0 Å². The second-order valence-electron chi connectivity index (χ2n) is 8.84. The molecule has 1 saturated heterocycles. The van der Waals surface area contributed by atoms with Gasteiger partial charge in [0.1, 0.15) is 5.82 Å². The Morgan fingerprint density at radius 2 is 1.90 bits per heavy atom. The second-order valence-corrected chi connectivity index (χ2v) is 8.84. The highest BCUT2D eigenvalue weighted by atomic mass is 16.2. The standard InChI is InChI=1S/C24H32N4O2/c1-24(2,3)23(30)26-22-11-14-25-28(22)21-12-15-27(16-13-21)18-20-9-7-19(8-10-20)6-4-5-17-29/h7-11,14,21,29H,5,12-13,15-18H2,1-3H3,(H,26,30). The van der Waals surface area contributed by atoms with Crippen LogP contribution >= 0.6 is 0 Å². The van der Waals surface area contributed by atoms with E-state index in [0.29, 0.717) is 12.5 Å². The van der Waals surface area contributed by atoms with Gasteiger partial charge in [0.25, 0.3) is 0 Å². The van der Waals surface area contributed by atoms with Gasteiger partial charge in [0.15, 0.2) is 0 Å². The number of likely N-dealkylation sites (tertiary alicyclic amines) is 1. The van der Waals surface area contributed by atoms with Crippen LogP contribution in [0.25, 0.3) is 0 Å². The van der Waals surface area contributed by atoms with E-state index in [2.05, 4.69) is 39.3 Å². The van der Waals surface area contributed by atoms with E-state index in [1.54, 1.807) is 6.20 Å². The zero-order valence-electron chi connectivity index (χ0n) is 18.2. The molecule has 0 saturated carbocycles. The van der Waals surface area contributed by atoms with Crippen molar-refractivity contribution in [2.24, 2.45) is 5.41 Å². The Labute approximate surface area is 179 Å². The normalized spacial score (nSPS) is 15.5. The van der Waals surface area contributed by atoms with Gasteiger partial charge in [0, 0.05) is 43.1 Å². The van der Waals surface area contributed by atoms with Gasteiger partial charge in [0.2, 0.25) is 5.91 Å². The Hall–Kier alpha value is -2.62. The van der Waals surface area contributed by atoms with Crippen molar-refractivity contribution in [1.82, 2.24) is 14.7 Å². The van der Waals surface area contributed by atoms with E-state index in [9.17, 15) is 4.79 Å². The van der Waals surface area contributed by atoms with Crippen LogP contribution in [0, 0.1) is 17.3 Å². The molecule has 0 unspecified atom stereocenters. The van der Waals surface area contributed by atoms with E-state index in [0.717, 1.165) is 43.9 Å². The number of nitrogens with zero attached hydrogens (tertiary/aromatic N) is 3. The quantitative estimate of drug-likeness (QED) is 0.744. The zero-order chi connectivity index (χ0) is 21.6. The first kappa shape index (κ1) is 22.1. The number of hydrogen-bond donors (Lipinski definition) is 2. The number of piperidine rings is 1. The lowest BCUT2D eigenvalue weighted by Gasteiger charge is -2.33. The molecule has 0 aliphatic carbocycles. The van der Waals surface area contributed by atoms with E-state index in [1.807, 2.05) is 43.7 Å². The molecule has 3 rings (SSSR count). The largest absolute Gasteiger partial charge is 0.395 e. The molecule has 1 aromatic heterocycles. The number of rotatable bonds is 5. The van der Waals surface area contributed by atoms with Crippen LogP contribution in [0.4, 0.5) is 5.82 Å². The second kappa shape index (κ2) is 9.92. The summed E-state index contributed by atoms with van der Waals surface area (Å²) >= 11 is 0. The van der Waals surface area contributed by atoms with Gasteiger partial charge in [-0.1, -0.05) is 44.7 Å². The maximum absolute atomic E-state index is 12.3. The zero-order valence-corrected chi connectivity index (χ0v) is 18.2. The highest BCUT2D eigenvalue weighted by Gasteiger charge is 2.26. The molecule has 1 aliphatic rings. The average molecular weight is 409 g/mol. The van der Waals surface area contributed by atoms with Crippen molar-refractivity contribution in [1.29, 1.82) is 0 Å². The lowest BCUT2D eigenvalue weighted by Crippen LogP contribution is -2.35. The number of anilines is 1. The number of nitrogens with one attached hydrogen (secondary N) is 1. The number of hydrogen-bond acceptors (Lipinski definition) is 4. The van der Waals surface area contributed by atoms with Crippen molar-refractivity contribution in [3.05, 3.63) is 47.7 Å². The summed E-state index contributed by atoms with van der Waals surface area (Å²) in [5.41, 5.74) is 1.83. The predicted octanol–water partition coefficient (Wildman–Crippen LogP) is 3.44. The Morgan fingerprint density at radius 3 is 2.53 bits per heavy atom. The van der Waals surface area contributed by atoms with Crippen LogP contribution in [-0.2, 0) is 11.3 Å². The molecule has 0 radical (unpaired) electrons. The van der Waals surface area contributed by atoms with E-state index < -0.39 is 5.41 Å². The Bertz CT molecular complexity index is 892. The third-order valence-electron chi connectivity index (χ3n) is 5.33. The molecule has 0 atom stereocenters. The summed E-state index contributed by atoms with van der Waals surface area (Å²) in [5, 5.41) is 16.3. The van der Waals surface area contributed by atoms with Crippen LogP contribution in [0.1, 0.15) is 57.2 Å². The van der Waals surface area contributed by atoms with Crippen molar-refractivity contribution < 1.29 is 9.90 Å². The van der Waals surface area contributed by atoms with Gasteiger partial charge < -0.3 is 10.4 Å². The number of amides is 1. The van der Waals surface area contributed by atoms with Gasteiger partial charge in [-0.2, -0.15) is 5.10 Å². The fourth-order valence-electron chi connectivity index (χ4n) is 3.50. The van der Waals surface area contributed by atoms with E-state index in [4.69, 9.17) is 5.11 Å². The first-order valence-corrected chi connectivity index (χ1v) is 10.6. The molecule has 6 heteroatoms. The van der Waals surface area contributed by atoms with Crippen LogP contribution in [0.15, 0.2) is 36.5 Å². The first-order chi connectivity index (χ1) is 14.4. The number of aromatic nitrogens is 2. The van der Waals surface area contributed by atoms with Crippen LogP contribution < -0.4 is 5.32 Å². The highest BCUT2D eigenvalue weighted by molar-refractivity contribution is 5.93. The third kappa shape index (κ3) is 5.94.